The van der Waals surface area contributed by atoms with Crippen LogP contribution in [0.15, 0.2) is 65.7 Å². The van der Waals surface area contributed by atoms with Gasteiger partial charge in [-0.05, 0) is 67.6 Å². The number of fused-ring (bicyclic) bond motifs is 1. The Hall–Kier alpha value is -3.39. The third-order valence-electron chi connectivity index (χ3n) is 5.46. The van der Waals surface area contributed by atoms with Crippen LogP contribution in [0.1, 0.15) is 46.1 Å². The van der Waals surface area contributed by atoms with Crippen LogP contribution >= 0.6 is 0 Å². The fourth-order valence-electron chi connectivity index (χ4n) is 3.82. The van der Waals surface area contributed by atoms with E-state index in [1.807, 2.05) is 12.1 Å². The Labute approximate surface area is 187 Å². The van der Waals surface area contributed by atoms with Crippen LogP contribution < -0.4 is 9.46 Å². The number of carbonyl (C=O) groups excluding carboxylic acids is 1. The van der Waals surface area contributed by atoms with Gasteiger partial charge in [-0.25, -0.2) is 13.2 Å². The van der Waals surface area contributed by atoms with E-state index in [0.29, 0.717) is 23.4 Å². The topological polar surface area (TPSA) is 94.6 Å². The Morgan fingerprint density at radius 3 is 2.75 bits per heavy atom. The lowest BCUT2D eigenvalue weighted by Crippen LogP contribution is -2.19. The number of hydrogen-bond acceptors (Lipinski definition) is 6. The highest BCUT2D eigenvalue weighted by atomic mass is 32.2. The van der Waals surface area contributed by atoms with Gasteiger partial charge in [0.15, 0.2) is 0 Å². The first-order valence-corrected chi connectivity index (χ1v) is 11.8. The largest absolute Gasteiger partial charge is 0.495 e. The normalized spacial score (nSPS) is 15.5. The molecule has 2 aromatic carbocycles. The lowest BCUT2D eigenvalue weighted by atomic mass is 9.94. The zero-order valence-corrected chi connectivity index (χ0v) is 18.7. The molecule has 0 fully saturated rings. The van der Waals surface area contributed by atoms with Gasteiger partial charge in [-0.1, -0.05) is 24.3 Å². The van der Waals surface area contributed by atoms with Crippen molar-refractivity contribution in [3.63, 3.8) is 0 Å². The fraction of sp³-hybridized carbons (Fsp3) is 0.250. The lowest BCUT2D eigenvalue weighted by Gasteiger charge is -2.24. The van der Waals surface area contributed by atoms with Crippen molar-refractivity contribution >= 4 is 21.7 Å². The number of aromatic nitrogens is 1. The zero-order chi connectivity index (χ0) is 22.7. The molecule has 1 N–H and O–H groups in total. The van der Waals surface area contributed by atoms with E-state index in [4.69, 9.17) is 9.47 Å². The Bertz CT molecular complexity index is 1260. The molecule has 1 atom stereocenters. The molecule has 0 bridgehead atoms. The Kier molecular flexibility index (Phi) is 6.14. The van der Waals surface area contributed by atoms with Crippen LogP contribution in [0.3, 0.4) is 0 Å². The number of esters is 1. The van der Waals surface area contributed by atoms with E-state index in [9.17, 15) is 13.2 Å². The predicted octanol–water partition coefficient (Wildman–Crippen LogP) is 4.43. The molecular formula is C24H24N2O5S. The average molecular weight is 453 g/mol. The molecule has 166 valence electrons. The van der Waals surface area contributed by atoms with E-state index in [-0.39, 0.29) is 10.5 Å². The van der Waals surface area contributed by atoms with E-state index in [1.165, 1.54) is 13.2 Å². The van der Waals surface area contributed by atoms with Gasteiger partial charge in [0.05, 0.1) is 29.0 Å². The maximum absolute atomic E-state index is 13.1. The van der Waals surface area contributed by atoms with E-state index >= 15 is 0 Å². The average Bonchev–Trinajstić information content (AvgIpc) is 2.79. The first kappa shape index (κ1) is 21.8. The number of benzene rings is 2. The van der Waals surface area contributed by atoms with Gasteiger partial charge in [-0.15, -0.1) is 0 Å². The molecule has 0 aliphatic heterocycles. The standard InChI is InChI=1S/C24H24N2O5S/c1-16-12-13-18(24(27)31-21-11-5-7-17-8-6-14-25-23(17)21)15-22(16)32(28,29)26-19-9-3-4-10-20(19)30-2/h3-4,6,8-10,12-15,21,26H,5,7,11H2,1-2H3/t21-/m1/s1. The van der Waals surface area contributed by atoms with Crippen LogP contribution in [0.5, 0.6) is 5.75 Å². The summed E-state index contributed by atoms with van der Waals surface area (Å²) in [5, 5.41) is 0. The summed E-state index contributed by atoms with van der Waals surface area (Å²) in [4.78, 5) is 17.3. The van der Waals surface area contributed by atoms with Gasteiger partial charge >= 0.3 is 5.97 Å². The molecule has 1 heterocycles. The van der Waals surface area contributed by atoms with Crippen molar-refractivity contribution in [3.8, 4) is 5.75 Å². The molecule has 1 aromatic heterocycles. The number of nitrogens with zero attached hydrogens (tertiary/aromatic N) is 1. The predicted molar refractivity (Wildman–Crippen MR) is 120 cm³/mol. The number of methoxy groups -OCH3 is 1. The Morgan fingerprint density at radius 2 is 1.94 bits per heavy atom. The van der Waals surface area contributed by atoms with Crippen LogP contribution in [-0.2, 0) is 21.2 Å². The van der Waals surface area contributed by atoms with Crippen molar-refractivity contribution in [3.05, 3.63) is 83.2 Å². The molecule has 1 aliphatic carbocycles. The van der Waals surface area contributed by atoms with Gasteiger partial charge in [-0.2, -0.15) is 0 Å². The molecule has 0 spiro atoms. The molecule has 8 heteroatoms. The number of anilines is 1. The summed E-state index contributed by atoms with van der Waals surface area (Å²) in [7, 11) is -2.50. The molecule has 1 aliphatic rings. The minimum Gasteiger partial charge on any atom is -0.495 e. The quantitative estimate of drug-likeness (QED) is 0.556. The number of aryl methyl sites for hydroxylation is 2. The summed E-state index contributed by atoms with van der Waals surface area (Å²) < 4.78 is 39.7. The van der Waals surface area contributed by atoms with Gasteiger partial charge in [-0.3, -0.25) is 9.71 Å². The van der Waals surface area contributed by atoms with Crippen molar-refractivity contribution in [2.24, 2.45) is 0 Å². The summed E-state index contributed by atoms with van der Waals surface area (Å²) in [6, 6.07) is 15.1. The molecule has 0 amide bonds. The fourth-order valence-corrected chi connectivity index (χ4v) is 5.17. The van der Waals surface area contributed by atoms with Crippen LogP contribution in [0.25, 0.3) is 0 Å². The maximum Gasteiger partial charge on any atom is 0.338 e. The van der Waals surface area contributed by atoms with Crippen molar-refractivity contribution in [1.82, 2.24) is 4.98 Å². The van der Waals surface area contributed by atoms with Gasteiger partial charge in [0.25, 0.3) is 10.0 Å². The number of carbonyl (C=O) groups is 1. The number of nitrogens with one attached hydrogen (secondary N) is 1. The van der Waals surface area contributed by atoms with Gasteiger partial charge in [0.2, 0.25) is 0 Å². The van der Waals surface area contributed by atoms with Crippen LogP contribution in [0.2, 0.25) is 0 Å². The van der Waals surface area contributed by atoms with Gasteiger partial charge in [0.1, 0.15) is 11.9 Å². The summed E-state index contributed by atoms with van der Waals surface area (Å²) >= 11 is 0. The molecule has 0 saturated heterocycles. The lowest BCUT2D eigenvalue weighted by molar-refractivity contribution is 0.0244. The monoisotopic (exact) mass is 452 g/mol. The van der Waals surface area contributed by atoms with Crippen molar-refractivity contribution < 1.29 is 22.7 Å². The second kappa shape index (κ2) is 9.00. The number of ether oxygens (including phenoxy) is 2. The maximum atomic E-state index is 13.1. The van der Waals surface area contributed by atoms with Crippen molar-refractivity contribution in [2.75, 3.05) is 11.8 Å². The highest BCUT2D eigenvalue weighted by Crippen LogP contribution is 2.32. The molecule has 0 radical (unpaired) electrons. The van der Waals surface area contributed by atoms with Gasteiger partial charge in [0, 0.05) is 6.20 Å². The molecule has 32 heavy (non-hydrogen) atoms. The Balaban J connectivity index is 1.59. The molecule has 4 rings (SSSR count). The van der Waals surface area contributed by atoms with Crippen molar-refractivity contribution in [1.29, 1.82) is 0 Å². The van der Waals surface area contributed by atoms with Crippen LogP contribution in [0, 0.1) is 6.92 Å². The first-order chi connectivity index (χ1) is 15.4. The third-order valence-corrected chi connectivity index (χ3v) is 6.96. The van der Waals surface area contributed by atoms with Crippen LogP contribution in [-0.4, -0.2) is 26.5 Å². The molecule has 3 aromatic rings. The summed E-state index contributed by atoms with van der Waals surface area (Å²) in [6.45, 7) is 1.67. The molecular weight excluding hydrogens is 428 g/mol. The van der Waals surface area contributed by atoms with E-state index in [0.717, 1.165) is 24.1 Å². The molecule has 7 nitrogen and oxygen atoms in total. The minimum atomic E-state index is -3.96. The molecule has 0 saturated carbocycles. The number of para-hydroxylation sites is 2. The Morgan fingerprint density at radius 1 is 1.12 bits per heavy atom. The second-order valence-electron chi connectivity index (χ2n) is 7.62. The van der Waals surface area contributed by atoms with E-state index in [2.05, 4.69) is 9.71 Å². The molecule has 0 unspecified atom stereocenters. The zero-order valence-electron chi connectivity index (χ0n) is 17.9. The summed E-state index contributed by atoms with van der Waals surface area (Å²) in [5.74, 6) is -0.185. The second-order valence-corrected chi connectivity index (χ2v) is 9.27. The van der Waals surface area contributed by atoms with Crippen LogP contribution in [0.4, 0.5) is 5.69 Å². The smallest absolute Gasteiger partial charge is 0.338 e. The number of rotatable bonds is 6. The SMILES string of the molecule is COc1ccccc1NS(=O)(=O)c1cc(C(=O)O[C@@H]2CCCc3cccnc32)ccc1C. The third kappa shape index (κ3) is 4.45. The summed E-state index contributed by atoms with van der Waals surface area (Å²) in [5.41, 5.74) is 2.83. The van der Waals surface area contributed by atoms with E-state index < -0.39 is 22.1 Å². The number of sulfonamides is 1. The number of hydrogen-bond donors (Lipinski definition) is 1. The summed E-state index contributed by atoms with van der Waals surface area (Å²) in [6.07, 6.45) is 3.72. The highest BCUT2D eigenvalue weighted by Gasteiger charge is 2.27. The highest BCUT2D eigenvalue weighted by molar-refractivity contribution is 7.92. The van der Waals surface area contributed by atoms with Crippen molar-refractivity contribution in [2.45, 2.75) is 37.2 Å². The first-order valence-electron chi connectivity index (χ1n) is 10.3. The van der Waals surface area contributed by atoms with Gasteiger partial charge < -0.3 is 9.47 Å². The minimum absolute atomic E-state index is 0.0000235. The van der Waals surface area contributed by atoms with E-state index in [1.54, 1.807) is 49.5 Å². The number of pyridine rings is 1.